The number of benzene rings is 2. The number of fused-ring (bicyclic) bond motifs is 1. The molecule has 1 aromatic heterocycles. The Balaban J connectivity index is 1.32. The molecular weight excluding hydrogens is 542 g/mol. The molecule has 218 valence electrons. The van der Waals surface area contributed by atoms with E-state index in [1.165, 1.54) is 0 Å². The first kappa shape index (κ1) is 28.6. The Hall–Kier alpha value is -3.96. The number of nitrogens with zero attached hydrogens (tertiary/aromatic N) is 3. The fourth-order valence-corrected chi connectivity index (χ4v) is 6.18. The van der Waals surface area contributed by atoms with Gasteiger partial charge in [-0.15, -0.1) is 0 Å². The largest absolute Gasteiger partial charge is 0.416 e. The van der Waals surface area contributed by atoms with E-state index in [2.05, 4.69) is 15.5 Å². The molecule has 0 radical (unpaired) electrons. The lowest BCUT2D eigenvalue weighted by Gasteiger charge is -2.43. The summed E-state index contributed by atoms with van der Waals surface area (Å²) in [5.74, 6) is -3.38. The molecule has 3 amide bonds. The molecule has 2 atom stereocenters. The average Bonchev–Trinajstić information content (AvgIpc) is 3.48. The molecule has 3 heterocycles. The van der Waals surface area contributed by atoms with Crippen LogP contribution in [0.1, 0.15) is 54.1 Å². The summed E-state index contributed by atoms with van der Waals surface area (Å²) in [5, 5.41) is 10.3. The van der Waals surface area contributed by atoms with Crippen LogP contribution in [0.15, 0.2) is 42.6 Å². The summed E-state index contributed by atoms with van der Waals surface area (Å²) in [4.78, 5) is 43.1. The molecule has 41 heavy (non-hydrogen) atoms. The molecule has 0 saturated carbocycles. The molecule has 2 fully saturated rings. The van der Waals surface area contributed by atoms with Gasteiger partial charge in [-0.2, -0.15) is 18.3 Å². The lowest BCUT2D eigenvalue weighted by atomic mass is 9.68. The number of hydrogen-bond donors (Lipinski definition) is 2. The van der Waals surface area contributed by atoms with E-state index in [1.54, 1.807) is 36.9 Å². The van der Waals surface area contributed by atoms with Gasteiger partial charge in [0.15, 0.2) is 0 Å². The molecule has 2 aliphatic rings. The number of hydrogen-bond acceptors (Lipinski definition) is 4. The maximum absolute atomic E-state index is 14.3. The van der Waals surface area contributed by atoms with E-state index in [0.29, 0.717) is 50.7 Å². The molecule has 1 unspecified atom stereocenters. The molecule has 3 aromatic rings. The highest BCUT2D eigenvalue weighted by molar-refractivity contribution is 5.98. The fourth-order valence-electron chi connectivity index (χ4n) is 6.18. The van der Waals surface area contributed by atoms with Gasteiger partial charge in [-0.05, 0) is 54.7 Å². The molecule has 2 N–H and O–H groups in total. The summed E-state index contributed by atoms with van der Waals surface area (Å²) >= 11 is 0. The van der Waals surface area contributed by atoms with Crippen LogP contribution in [0.4, 0.5) is 17.6 Å². The van der Waals surface area contributed by atoms with Crippen LogP contribution in [0.3, 0.4) is 0 Å². The van der Waals surface area contributed by atoms with Gasteiger partial charge in [-0.3, -0.25) is 19.5 Å². The SMILES string of the molecule is CC(C)[C@@H](NC(=O)c1cc(C(F)(F)F)ccc1F)C(=O)N1CCC2(CC1)CN(C)C(=O)C2c1ccc2[nH]ncc2c1. The van der Waals surface area contributed by atoms with E-state index >= 15 is 0 Å². The number of carbonyl (C=O) groups excluding carboxylic acids is 3. The minimum atomic E-state index is -4.75. The van der Waals surface area contributed by atoms with Gasteiger partial charge in [0.2, 0.25) is 11.8 Å². The second-order valence-corrected chi connectivity index (χ2v) is 11.4. The van der Waals surface area contributed by atoms with Crippen molar-refractivity contribution >= 4 is 28.6 Å². The van der Waals surface area contributed by atoms with E-state index in [0.717, 1.165) is 16.5 Å². The van der Waals surface area contributed by atoms with Gasteiger partial charge in [0, 0.05) is 37.5 Å². The quantitative estimate of drug-likeness (QED) is 0.444. The van der Waals surface area contributed by atoms with Crippen LogP contribution in [0.25, 0.3) is 10.9 Å². The molecule has 1 spiro atoms. The van der Waals surface area contributed by atoms with E-state index in [9.17, 15) is 31.9 Å². The predicted molar refractivity (Wildman–Crippen MR) is 142 cm³/mol. The van der Waals surface area contributed by atoms with E-state index in [-0.39, 0.29) is 11.8 Å². The number of likely N-dealkylation sites (N-methyl/N-ethyl adjacent to an activating group) is 1. The topological polar surface area (TPSA) is 98.4 Å². The van der Waals surface area contributed by atoms with Crippen LogP contribution < -0.4 is 5.32 Å². The normalized spacial score (nSPS) is 19.8. The standard InChI is InChI=1S/C29H31F4N5O3/c1-16(2)24(35-25(39)20-13-19(29(31,32)33)5-6-21(20)30)27(41)38-10-8-28(9-11-38)15-37(3)26(40)23(28)17-4-7-22-18(12-17)14-34-36-22/h4-7,12-14,16,23-24H,8-11,15H2,1-3H3,(H,34,36)(H,35,39)/t23?,24-/m1/s1. The highest BCUT2D eigenvalue weighted by Gasteiger charge is 2.53. The molecule has 2 aliphatic heterocycles. The Morgan fingerprint density at radius 3 is 2.49 bits per heavy atom. The Morgan fingerprint density at radius 1 is 1.12 bits per heavy atom. The van der Waals surface area contributed by atoms with Crippen LogP contribution in [0, 0.1) is 17.2 Å². The van der Waals surface area contributed by atoms with Crippen molar-refractivity contribution < 1.29 is 31.9 Å². The third kappa shape index (κ3) is 5.27. The molecule has 2 saturated heterocycles. The fraction of sp³-hybridized carbons (Fsp3) is 0.448. The zero-order valence-corrected chi connectivity index (χ0v) is 22.9. The lowest BCUT2D eigenvalue weighted by Crippen LogP contribution is -2.54. The molecule has 0 bridgehead atoms. The van der Waals surface area contributed by atoms with Crippen molar-refractivity contribution in [3.8, 4) is 0 Å². The summed E-state index contributed by atoms with van der Waals surface area (Å²) in [5.41, 5.74) is -0.564. The summed E-state index contributed by atoms with van der Waals surface area (Å²) in [7, 11) is 1.77. The molecule has 2 aromatic carbocycles. The van der Waals surface area contributed by atoms with Gasteiger partial charge in [0.25, 0.3) is 5.91 Å². The summed E-state index contributed by atoms with van der Waals surface area (Å²) in [6.07, 6.45) is -1.95. The Morgan fingerprint density at radius 2 is 1.83 bits per heavy atom. The summed E-state index contributed by atoms with van der Waals surface area (Å²) in [6, 6.07) is 6.33. The van der Waals surface area contributed by atoms with Gasteiger partial charge in [-0.1, -0.05) is 19.9 Å². The van der Waals surface area contributed by atoms with E-state index < -0.39 is 52.3 Å². The Bertz CT molecular complexity index is 1490. The first-order chi connectivity index (χ1) is 19.3. The highest BCUT2D eigenvalue weighted by atomic mass is 19.4. The number of nitrogens with one attached hydrogen (secondary N) is 2. The van der Waals surface area contributed by atoms with Crippen LogP contribution in [-0.2, 0) is 15.8 Å². The number of amides is 3. The van der Waals surface area contributed by atoms with Gasteiger partial charge < -0.3 is 15.1 Å². The number of carbonyl (C=O) groups is 3. The van der Waals surface area contributed by atoms with Crippen molar-refractivity contribution in [1.29, 1.82) is 0 Å². The van der Waals surface area contributed by atoms with Crippen LogP contribution in [-0.4, -0.2) is 70.4 Å². The monoisotopic (exact) mass is 573 g/mol. The maximum atomic E-state index is 14.3. The third-order valence-electron chi connectivity index (χ3n) is 8.41. The Kier molecular flexibility index (Phi) is 7.29. The first-order valence-corrected chi connectivity index (χ1v) is 13.5. The van der Waals surface area contributed by atoms with Crippen molar-refractivity contribution in [3.63, 3.8) is 0 Å². The van der Waals surface area contributed by atoms with Crippen molar-refractivity contribution in [3.05, 3.63) is 65.1 Å². The van der Waals surface area contributed by atoms with Crippen molar-refractivity contribution in [2.45, 2.75) is 44.8 Å². The van der Waals surface area contributed by atoms with Gasteiger partial charge in [-0.25, -0.2) is 4.39 Å². The number of rotatable bonds is 5. The van der Waals surface area contributed by atoms with Gasteiger partial charge in [0.1, 0.15) is 11.9 Å². The molecular formula is C29H31F4N5O3. The predicted octanol–water partition coefficient (Wildman–Crippen LogP) is 4.34. The van der Waals surface area contributed by atoms with Crippen molar-refractivity contribution in [2.75, 3.05) is 26.7 Å². The first-order valence-electron chi connectivity index (χ1n) is 13.5. The number of halogens is 4. The number of piperidine rings is 1. The van der Waals surface area contributed by atoms with E-state index in [4.69, 9.17) is 0 Å². The Labute approximate surface area is 234 Å². The van der Waals surface area contributed by atoms with Crippen molar-refractivity contribution in [2.24, 2.45) is 11.3 Å². The van der Waals surface area contributed by atoms with Crippen LogP contribution >= 0.6 is 0 Å². The highest BCUT2D eigenvalue weighted by Crippen LogP contribution is 2.50. The second kappa shape index (κ2) is 10.5. The van der Waals surface area contributed by atoms with Gasteiger partial charge in [0.05, 0.1) is 28.8 Å². The average molecular weight is 574 g/mol. The number of alkyl halides is 3. The summed E-state index contributed by atoms with van der Waals surface area (Å²) < 4.78 is 53.8. The minimum absolute atomic E-state index is 0.0167. The third-order valence-corrected chi connectivity index (χ3v) is 8.41. The number of likely N-dealkylation sites (tertiary alicyclic amines) is 2. The lowest BCUT2D eigenvalue weighted by molar-refractivity contribution is -0.138. The maximum Gasteiger partial charge on any atom is 0.416 e. The zero-order chi connectivity index (χ0) is 29.7. The van der Waals surface area contributed by atoms with E-state index in [1.807, 2.05) is 18.2 Å². The van der Waals surface area contributed by atoms with Crippen molar-refractivity contribution in [1.82, 2.24) is 25.3 Å². The smallest absolute Gasteiger partial charge is 0.345 e. The second-order valence-electron chi connectivity index (χ2n) is 11.4. The van der Waals surface area contributed by atoms with Crippen LogP contribution in [0.5, 0.6) is 0 Å². The number of H-pyrrole nitrogens is 1. The number of aromatic nitrogens is 2. The minimum Gasteiger partial charge on any atom is -0.345 e. The summed E-state index contributed by atoms with van der Waals surface area (Å²) in [6.45, 7) is 4.61. The zero-order valence-electron chi connectivity index (χ0n) is 22.9. The molecule has 0 aliphatic carbocycles. The number of aromatic amines is 1. The molecule has 12 heteroatoms. The molecule has 8 nitrogen and oxygen atoms in total. The van der Waals surface area contributed by atoms with Gasteiger partial charge >= 0.3 is 6.18 Å². The molecule has 5 rings (SSSR count). The van der Waals surface area contributed by atoms with Crippen LogP contribution in [0.2, 0.25) is 0 Å².